The highest BCUT2D eigenvalue weighted by Gasteiger charge is 2.45. The first-order chi connectivity index (χ1) is 5.18. The number of fused-ring (bicyclic) bond motifs is 1. The van der Waals surface area contributed by atoms with Crippen LogP contribution in [0.5, 0.6) is 0 Å². The van der Waals surface area contributed by atoms with Crippen LogP contribution in [0.2, 0.25) is 0 Å². The topological polar surface area (TPSA) is 6.48 Å². The van der Waals surface area contributed by atoms with E-state index in [0.717, 1.165) is 18.0 Å². The summed E-state index contributed by atoms with van der Waals surface area (Å²) < 4.78 is 2.43. The lowest BCUT2D eigenvalue weighted by Crippen LogP contribution is -2.58. The lowest BCUT2D eigenvalue weighted by Gasteiger charge is -2.46. The zero-order valence-corrected chi connectivity index (χ0v) is 9.28. The summed E-state index contributed by atoms with van der Waals surface area (Å²) >= 11 is 2.44. The van der Waals surface area contributed by atoms with Gasteiger partial charge in [-0.15, -0.1) is 0 Å². The Labute approximate surface area is 82.4 Å². The standard InChI is InChI=1S/C8H15IN2/c1-6(2)11-4-7-3-10(9)5-8(7)11/h6-8H,3-5H2,1-2H3. The predicted octanol–water partition coefficient (Wildman–Crippen LogP) is 1.36. The van der Waals surface area contributed by atoms with Gasteiger partial charge in [-0.05, 0) is 13.8 Å². The van der Waals surface area contributed by atoms with E-state index in [1.807, 2.05) is 0 Å². The molecule has 11 heavy (non-hydrogen) atoms. The van der Waals surface area contributed by atoms with Gasteiger partial charge in [0.05, 0.1) is 0 Å². The number of hydrogen-bond acceptors (Lipinski definition) is 2. The lowest BCUT2D eigenvalue weighted by atomic mass is 9.90. The summed E-state index contributed by atoms with van der Waals surface area (Å²) in [4.78, 5) is 2.61. The molecule has 0 saturated carbocycles. The summed E-state index contributed by atoms with van der Waals surface area (Å²) in [5.41, 5.74) is 0. The highest BCUT2D eigenvalue weighted by molar-refractivity contribution is 14.1. The molecule has 0 aromatic carbocycles. The van der Waals surface area contributed by atoms with Crippen molar-refractivity contribution in [2.24, 2.45) is 5.92 Å². The van der Waals surface area contributed by atoms with Crippen LogP contribution < -0.4 is 0 Å². The maximum Gasteiger partial charge on any atom is 0.0287 e. The summed E-state index contributed by atoms with van der Waals surface area (Å²) in [5.74, 6) is 0.981. The molecule has 0 aliphatic carbocycles. The molecule has 2 nitrogen and oxygen atoms in total. The van der Waals surface area contributed by atoms with E-state index < -0.39 is 0 Å². The van der Waals surface area contributed by atoms with Crippen LogP contribution in [0.1, 0.15) is 13.8 Å². The zero-order chi connectivity index (χ0) is 8.01. The van der Waals surface area contributed by atoms with Gasteiger partial charge in [-0.25, -0.2) is 3.11 Å². The van der Waals surface area contributed by atoms with E-state index in [9.17, 15) is 0 Å². The molecule has 2 atom stereocenters. The molecular weight excluding hydrogens is 251 g/mol. The van der Waals surface area contributed by atoms with E-state index in [0.29, 0.717) is 0 Å². The van der Waals surface area contributed by atoms with Gasteiger partial charge >= 0.3 is 0 Å². The molecule has 0 spiro atoms. The number of nitrogens with zero attached hydrogens (tertiary/aromatic N) is 2. The number of halogens is 1. The Morgan fingerprint density at radius 1 is 1.27 bits per heavy atom. The number of likely N-dealkylation sites (tertiary alicyclic amines) is 1. The van der Waals surface area contributed by atoms with Crippen molar-refractivity contribution in [3.63, 3.8) is 0 Å². The Morgan fingerprint density at radius 2 is 2.00 bits per heavy atom. The maximum atomic E-state index is 2.61. The third-order valence-corrected chi connectivity index (χ3v) is 3.68. The molecule has 0 amide bonds. The van der Waals surface area contributed by atoms with Gasteiger partial charge in [0.1, 0.15) is 0 Å². The van der Waals surface area contributed by atoms with Gasteiger partial charge in [0.2, 0.25) is 0 Å². The van der Waals surface area contributed by atoms with Gasteiger partial charge in [-0.2, -0.15) is 0 Å². The monoisotopic (exact) mass is 266 g/mol. The quantitative estimate of drug-likeness (QED) is 0.522. The molecule has 2 fully saturated rings. The normalized spacial score (nSPS) is 39.3. The van der Waals surface area contributed by atoms with Crippen LogP contribution >= 0.6 is 22.9 Å². The van der Waals surface area contributed by atoms with Crippen molar-refractivity contribution in [2.45, 2.75) is 25.9 Å². The molecule has 2 rings (SSSR count). The molecule has 0 radical (unpaired) electrons. The second-order valence-corrected chi connectivity index (χ2v) is 5.31. The summed E-state index contributed by atoms with van der Waals surface area (Å²) in [6, 6.07) is 1.63. The minimum Gasteiger partial charge on any atom is -0.296 e. The fraction of sp³-hybridized carbons (Fsp3) is 1.00. The average Bonchev–Trinajstić information content (AvgIpc) is 2.13. The van der Waals surface area contributed by atoms with Gasteiger partial charge in [0.25, 0.3) is 0 Å². The molecule has 0 aromatic heterocycles. The van der Waals surface area contributed by atoms with Crippen LogP contribution in [0.15, 0.2) is 0 Å². The van der Waals surface area contributed by atoms with Crippen molar-refractivity contribution in [3.8, 4) is 0 Å². The molecule has 0 bridgehead atoms. The van der Waals surface area contributed by atoms with Crippen molar-refractivity contribution in [3.05, 3.63) is 0 Å². The fourth-order valence-corrected chi connectivity index (χ4v) is 3.13. The third-order valence-electron chi connectivity index (χ3n) is 2.90. The number of hydrogen-bond donors (Lipinski definition) is 0. The van der Waals surface area contributed by atoms with Crippen molar-refractivity contribution in [2.75, 3.05) is 19.6 Å². The van der Waals surface area contributed by atoms with Crippen molar-refractivity contribution in [1.82, 2.24) is 8.01 Å². The lowest BCUT2D eigenvalue weighted by molar-refractivity contribution is 0.0217. The van der Waals surface area contributed by atoms with E-state index in [1.54, 1.807) is 0 Å². The van der Waals surface area contributed by atoms with Crippen molar-refractivity contribution in [1.29, 1.82) is 0 Å². The second kappa shape index (κ2) is 2.85. The van der Waals surface area contributed by atoms with Crippen LogP contribution in [0.25, 0.3) is 0 Å². The van der Waals surface area contributed by atoms with E-state index in [2.05, 4.69) is 44.7 Å². The van der Waals surface area contributed by atoms with E-state index in [4.69, 9.17) is 0 Å². The van der Waals surface area contributed by atoms with Gasteiger partial charge in [0, 0.05) is 60.5 Å². The zero-order valence-electron chi connectivity index (χ0n) is 7.13. The maximum absolute atomic E-state index is 2.61. The molecular formula is C8H15IN2. The SMILES string of the molecule is CC(C)N1CC2CN(I)CC21. The summed E-state index contributed by atoms with van der Waals surface area (Å²) in [7, 11) is 0. The molecule has 2 saturated heterocycles. The Balaban J connectivity index is 1.94. The van der Waals surface area contributed by atoms with E-state index >= 15 is 0 Å². The molecule has 2 aliphatic heterocycles. The van der Waals surface area contributed by atoms with Crippen LogP contribution in [-0.2, 0) is 0 Å². The highest BCUT2D eigenvalue weighted by Crippen LogP contribution is 2.34. The molecule has 0 N–H and O–H groups in total. The average molecular weight is 266 g/mol. The number of rotatable bonds is 1. The van der Waals surface area contributed by atoms with E-state index in [1.165, 1.54) is 19.6 Å². The highest BCUT2D eigenvalue weighted by atomic mass is 127. The van der Waals surface area contributed by atoms with Gasteiger partial charge in [0.15, 0.2) is 0 Å². The van der Waals surface area contributed by atoms with Crippen LogP contribution in [0.4, 0.5) is 0 Å². The first-order valence-electron chi connectivity index (χ1n) is 4.35. The van der Waals surface area contributed by atoms with Crippen molar-refractivity contribution >= 4 is 22.9 Å². The Kier molecular flexibility index (Phi) is 2.14. The summed E-state index contributed by atoms with van der Waals surface area (Å²) in [5, 5.41) is 0. The van der Waals surface area contributed by atoms with Crippen molar-refractivity contribution < 1.29 is 0 Å². The molecule has 2 heterocycles. The molecule has 2 aliphatic rings. The Hall–Kier alpha value is 0.650. The first kappa shape index (κ1) is 8.26. The largest absolute Gasteiger partial charge is 0.296 e. The van der Waals surface area contributed by atoms with Crippen LogP contribution in [0, 0.1) is 5.92 Å². The molecule has 2 unspecified atom stereocenters. The molecule has 64 valence electrons. The Bertz CT molecular complexity index is 160. The molecule has 3 heteroatoms. The third kappa shape index (κ3) is 1.31. The van der Waals surface area contributed by atoms with E-state index in [-0.39, 0.29) is 0 Å². The fourth-order valence-electron chi connectivity index (χ4n) is 2.22. The van der Waals surface area contributed by atoms with Crippen LogP contribution in [-0.4, -0.2) is 39.7 Å². The van der Waals surface area contributed by atoms with Crippen LogP contribution in [0.3, 0.4) is 0 Å². The minimum atomic E-state index is 0.749. The van der Waals surface area contributed by atoms with Gasteiger partial charge in [-0.1, -0.05) is 0 Å². The van der Waals surface area contributed by atoms with Gasteiger partial charge in [-0.3, -0.25) is 4.90 Å². The minimum absolute atomic E-state index is 0.749. The summed E-state index contributed by atoms with van der Waals surface area (Å²) in [6.45, 7) is 8.53. The molecule has 0 aromatic rings. The van der Waals surface area contributed by atoms with Gasteiger partial charge < -0.3 is 0 Å². The second-order valence-electron chi connectivity index (χ2n) is 3.95. The smallest absolute Gasteiger partial charge is 0.0287 e. The summed E-state index contributed by atoms with van der Waals surface area (Å²) in [6.07, 6.45) is 0. The first-order valence-corrected chi connectivity index (χ1v) is 5.31. The predicted molar refractivity (Wildman–Crippen MR) is 54.7 cm³/mol. The Morgan fingerprint density at radius 3 is 2.55 bits per heavy atom.